The maximum atomic E-state index is 13.6. The molecule has 1 unspecified atom stereocenters. The summed E-state index contributed by atoms with van der Waals surface area (Å²) in [5.74, 6) is -0.817. The van der Waals surface area contributed by atoms with E-state index < -0.39 is 5.92 Å². The molecule has 15 heavy (non-hydrogen) atoms. The van der Waals surface area contributed by atoms with E-state index in [9.17, 15) is 4.39 Å². The van der Waals surface area contributed by atoms with Crippen LogP contribution in [0.3, 0.4) is 0 Å². The third-order valence-electron chi connectivity index (χ3n) is 2.12. The normalized spacial score (nSPS) is 12.1. The van der Waals surface area contributed by atoms with Gasteiger partial charge < -0.3 is 4.74 Å². The zero-order valence-corrected chi connectivity index (χ0v) is 9.92. The van der Waals surface area contributed by atoms with Crippen LogP contribution >= 0.6 is 15.9 Å². The monoisotopic (exact) mass is 271 g/mol. The van der Waals surface area contributed by atoms with Crippen molar-refractivity contribution in [2.75, 3.05) is 13.7 Å². The summed E-state index contributed by atoms with van der Waals surface area (Å²) in [6.07, 6.45) is 0.500. The molecule has 80 valence electrons. The van der Waals surface area contributed by atoms with Gasteiger partial charge in [0.1, 0.15) is 5.82 Å². The molecule has 1 rings (SSSR count). The fraction of sp³-hybridized carbons (Fsp3) is 0.364. The van der Waals surface area contributed by atoms with Crippen LogP contribution in [0.4, 0.5) is 4.39 Å². The number of benzene rings is 1. The smallest absolute Gasteiger partial charge is 0.141 e. The lowest BCUT2D eigenvalue weighted by atomic mass is 9.97. The average molecular weight is 272 g/mol. The van der Waals surface area contributed by atoms with Crippen LogP contribution in [0.5, 0.6) is 0 Å². The van der Waals surface area contributed by atoms with Gasteiger partial charge in [-0.1, -0.05) is 12.1 Å². The molecule has 1 atom stereocenters. The van der Waals surface area contributed by atoms with E-state index >= 15 is 0 Å². The van der Waals surface area contributed by atoms with E-state index in [1.54, 1.807) is 25.3 Å². The summed E-state index contributed by atoms with van der Waals surface area (Å²) in [6.45, 7) is 0.449. The molecule has 0 saturated carbocycles. The van der Waals surface area contributed by atoms with Crippen LogP contribution in [0.1, 0.15) is 17.9 Å². The highest BCUT2D eigenvalue weighted by atomic mass is 79.9. The summed E-state index contributed by atoms with van der Waals surface area (Å²) in [7, 11) is 1.56. The van der Waals surface area contributed by atoms with E-state index in [0.717, 1.165) is 0 Å². The predicted molar refractivity (Wildman–Crippen MR) is 58.9 cm³/mol. The van der Waals surface area contributed by atoms with Gasteiger partial charge in [0.05, 0.1) is 16.5 Å². The van der Waals surface area contributed by atoms with E-state index in [2.05, 4.69) is 22.0 Å². The van der Waals surface area contributed by atoms with E-state index in [-0.39, 0.29) is 5.82 Å². The van der Waals surface area contributed by atoms with Gasteiger partial charge in [0.25, 0.3) is 0 Å². The first kappa shape index (κ1) is 12.2. The molecule has 0 spiro atoms. The first-order valence-electron chi connectivity index (χ1n) is 4.53. The molecule has 0 radical (unpaired) electrons. The first-order chi connectivity index (χ1) is 7.20. The Kier molecular flexibility index (Phi) is 4.73. The second-order valence-corrected chi connectivity index (χ2v) is 3.96. The summed E-state index contributed by atoms with van der Waals surface area (Å²) >= 11 is 3.10. The van der Waals surface area contributed by atoms with Crippen LogP contribution in [0, 0.1) is 17.1 Å². The van der Waals surface area contributed by atoms with Gasteiger partial charge in [-0.2, -0.15) is 5.26 Å². The van der Waals surface area contributed by atoms with Gasteiger partial charge in [0.15, 0.2) is 0 Å². The molecule has 2 nitrogen and oxygen atoms in total. The largest absolute Gasteiger partial charge is 0.385 e. The van der Waals surface area contributed by atoms with Gasteiger partial charge in [-0.25, -0.2) is 4.39 Å². The molecule has 1 aromatic carbocycles. The minimum Gasteiger partial charge on any atom is -0.385 e. The van der Waals surface area contributed by atoms with Gasteiger partial charge in [-0.05, 0) is 28.4 Å². The van der Waals surface area contributed by atoms with Gasteiger partial charge in [0.2, 0.25) is 0 Å². The Balaban J connectivity index is 2.93. The Hall–Kier alpha value is -0.920. The Bertz CT molecular complexity index is 375. The van der Waals surface area contributed by atoms with Crippen LogP contribution in [0.25, 0.3) is 0 Å². The van der Waals surface area contributed by atoms with Crippen molar-refractivity contribution in [3.05, 3.63) is 34.1 Å². The number of nitrogens with zero attached hydrogens (tertiary/aromatic N) is 1. The van der Waals surface area contributed by atoms with Crippen molar-refractivity contribution < 1.29 is 9.13 Å². The van der Waals surface area contributed by atoms with Crippen LogP contribution in [0.2, 0.25) is 0 Å². The van der Waals surface area contributed by atoms with Gasteiger partial charge >= 0.3 is 0 Å². The second-order valence-electron chi connectivity index (χ2n) is 3.11. The summed E-state index contributed by atoms with van der Waals surface area (Å²) in [6, 6.07) is 7.05. The fourth-order valence-electron chi connectivity index (χ4n) is 1.31. The summed E-state index contributed by atoms with van der Waals surface area (Å²) in [4.78, 5) is 0. The van der Waals surface area contributed by atoms with E-state index in [4.69, 9.17) is 10.00 Å². The standard InChI is InChI=1S/C11H11BrFNO/c1-15-6-5-8(7-14)9-3-2-4-10(12)11(9)13/h2-4,8H,5-6H2,1H3. The maximum Gasteiger partial charge on any atom is 0.141 e. The van der Waals surface area contributed by atoms with Crippen molar-refractivity contribution >= 4 is 15.9 Å². The maximum absolute atomic E-state index is 13.6. The SMILES string of the molecule is COCCC(C#N)c1cccc(Br)c1F. The Morgan fingerprint density at radius 1 is 1.60 bits per heavy atom. The molecule has 1 aromatic rings. The first-order valence-corrected chi connectivity index (χ1v) is 5.32. The number of hydrogen-bond acceptors (Lipinski definition) is 2. The molecular weight excluding hydrogens is 261 g/mol. The molecule has 0 amide bonds. The molecule has 0 aliphatic heterocycles. The minimum absolute atomic E-state index is 0.361. The molecule has 0 N–H and O–H groups in total. The van der Waals surface area contributed by atoms with Crippen LogP contribution in [-0.2, 0) is 4.74 Å². The molecule has 0 aliphatic rings. The quantitative estimate of drug-likeness (QED) is 0.843. The van der Waals surface area contributed by atoms with Crippen molar-refractivity contribution in [1.29, 1.82) is 5.26 Å². The molecule has 0 heterocycles. The Morgan fingerprint density at radius 2 is 2.33 bits per heavy atom. The van der Waals surface area contributed by atoms with Crippen LogP contribution in [-0.4, -0.2) is 13.7 Å². The van der Waals surface area contributed by atoms with Gasteiger partial charge in [-0.3, -0.25) is 0 Å². The van der Waals surface area contributed by atoms with Crippen molar-refractivity contribution in [3.63, 3.8) is 0 Å². The van der Waals surface area contributed by atoms with E-state index in [1.807, 2.05) is 0 Å². The van der Waals surface area contributed by atoms with Crippen molar-refractivity contribution in [1.82, 2.24) is 0 Å². The van der Waals surface area contributed by atoms with Crippen LogP contribution in [0.15, 0.2) is 22.7 Å². The molecular formula is C11H11BrFNO. The second kappa shape index (κ2) is 5.84. The Morgan fingerprint density at radius 3 is 2.93 bits per heavy atom. The highest BCUT2D eigenvalue weighted by Crippen LogP contribution is 2.26. The molecule has 4 heteroatoms. The highest BCUT2D eigenvalue weighted by molar-refractivity contribution is 9.10. The molecule has 0 saturated heterocycles. The lowest BCUT2D eigenvalue weighted by molar-refractivity contribution is 0.192. The molecule has 0 aliphatic carbocycles. The number of nitriles is 1. The van der Waals surface area contributed by atoms with Gasteiger partial charge in [0, 0.05) is 19.3 Å². The number of methoxy groups -OCH3 is 1. The summed E-state index contributed by atoms with van der Waals surface area (Å²) < 4.78 is 18.9. The molecule has 0 bridgehead atoms. The zero-order chi connectivity index (χ0) is 11.3. The topological polar surface area (TPSA) is 33.0 Å². The zero-order valence-electron chi connectivity index (χ0n) is 8.34. The fourth-order valence-corrected chi connectivity index (χ4v) is 1.70. The van der Waals surface area contributed by atoms with Crippen molar-refractivity contribution in [2.24, 2.45) is 0 Å². The average Bonchev–Trinajstić information content (AvgIpc) is 2.25. The minimum atomic E-state index is -0.456. The lowest BCUT2D eigenvalue weighted by Gasteiger charge is -2.10. The number of hydrogen-bond donors (Lipinski definition) is 0. The summed E-state index contributed by atoms with van der Waals surface area (Å²) in [5.41, 5.74) is 0.420. The predicted octanol–water partition coefficient (Wildman–Crippen LogP) is 3.23. The lowest BCUT2D eigenvalue weighted by Crippen LogP contribution is -2.03. The number of ether oxygens (including phenoxy) is 1. The number of halogens is 2. The third-order valence-corrected chi connectivity index (χ3v) is 2.74. The number of rotatable bonds is 4. The third kappa shape index (κ3) is 3.01. The van der Waals surface area contributed by atoms with Gasteiger partial charge in [-0.15, -0.1) is 0 Å². The van der Waals surface area contributed by atoms with E-state index in [0.29, 0.717) is 23.1 Å². The highest BCUT2D eigenvalue weighted by Gasteiger charge is 2.16. The van der Waals surface area contributed by atoms with Crippen molar-refractivity contribution in [2.45, 2.75) is 12.3 Å². The Labute approximate surface area is 96.8 Å². The van der Waals surface area contributed by atoms with E-state index in [1.165, 1.54) is 0 Å². The molecule has 0 fully saturated rings. The summed E-state index contributed by atoms with van der Waals surface area (Å²) in [5, 5.41) is 8.93. The van der Waals surface area contributed by atoms with Crippen LogP contribution < -0.4 is 0 Å². The molecule has 0 aromatic heterocycles. The van der Waals surface area contributed by atoms with Crippen molar-refractivity contribution in [3.8, 4) is 6.07 Å².